The maximum absolute atomic E-state index is 12.8. The zero-order chi connectivity index (χ0) is 35.9. The van der Waals surface area contributed by atoms with Crippen LogP contribution in [0, 0.1) is 11.2 Å². The molecule has 0 spiro atoms. The highest BCUT2D eigenvalue weighted by Crippen LogP contribution is 2.38. The number of nitrogens with one attached hydrogen (secondary N) is 2. The molecule has 1 aliphatic rings. The molecule has 0 saturated carbocycles. The number of para-hydroxylation sites is 1. The van der Waals surface area contributed by atoms with Crippen LogP contribution in [0.2, 0.25) is 0 Å². The van der Waals surface area contributed by atoms with E-state index in [0.29, 0.717) is 13.0 Å². The standard InChI is InChI=1S/C28H39N3O2S2.C5H13N3.C2H6.CH2O/c1-5-8-12-18-34-21-23(31(4)27(33)17-16-22(7-3)13-9-6-2)19-29-20-25(32)28-30-24-14-10-11-15-26(24)35-28;1-2-3-4-8-5(6)7;2*1-2/h6-7,9-11,13-15,23,27-30,33H,2,5,8,16-17,19-21H2,1,3-4H3;2-4H2,1H3,(H4,6,7,8);1-2H3;1H2/b13-9-,22-7+;;;. The third kappa shape index (κ3) is 22.2. The Morgan fingerprint density at radius 1 is 1.26 bits per heavy atom. The van der Waals surface area contributed by atoms with E-state index in [1.54, 1.807) is 29.6 Å². The van der Waals surface area contributed by atoms with Crippen LogP contribution in [0.15, 0.2) is 70.6 Å². The molecule has 0 bridgehead atoms. The lowest BCUT2D eigenvalue weighted by molar-refractivity contribution is -0.117. The minimum absolute atomic E-state index is 0.0397. The second kappa shape index (κ2) is 31.6. The zero-order valence-corrected chi connectivity index (χ0v) is 31.1. The average molecular weight is 689 g/mol. The van der Waals surface area contributed by atoms with Crippen LogP contribution in [0.25, 0.3) is 0 Å². The van der Waals surface area contributed by atoms with Crippen molar-refractivity contribution in [3.8, 4) is 11.2 Å². The van der Waals surface area contributed by atoms with Gasteiger partial charge in [-0.05, 0) is 57.0 Å². The molecule has 0 saturated heterocycles. The van der Waals surface area contributed by atoms with E-state index in [4.69, 9.17) is 16.3 Å². The first-order chi connectivity index (χ1) is 22.8. The number of benzene rings is 1. The van der Waals surface area contributed by atoms with Crippen LogP contribution in [0.3, 0.4) is 0 Å². The smallest absolute Gasteiger partial charge is 0.185 e. The number of aliphatic hydroxyl groups excluding tert-OH is 1. The van der Waals surface area contributed by atoms with Crippen LogP contribution in [-0.4, -0.2) is 78.6 Å². The lowest BCUT2D eigenvalue weighted by Gasteiger charge is -2.32. The Hall–Kier alpha value is -3.01. The number of thioether (sulfide) groups is 2. The molecule has 47 heavy (non-hydrogen) atoms. The van der Waals surface area contributed by atoms with Crippen LogP contribution < -0.4 is 22.1 Å². The van der Waals surface area contributed by atoms with Crippen molar-refractivity contribution in [1.82, 2.24) is 10.2 Å². The fourth-order valence-electron chi connectivity index (χ4n) is 3.90. The first kappa shape index (κ1) is 46.1. The number of carbonyl (C=O) groups excluding carboxylic acids is 2. The Kier molecular flexibility index (Phi) is 31.0. The molecule has 2 rings (SSSR count). The Bertz CT molecular complexity index is 1100. The summed E-state index contributed by atoms with van der Waals surface area (Å²) in [7, 11) is 1.94. The lowest BCUT2D eigenvalue weighted by atomic mass is 10.1. The van der Waals surface area contributed by atoms with Crippen LogP contribution in [-0.2, 0) is 9.59 Å². The normalized spacial score (nSPS) is 14.3. The monoisotopic (exact) mass is 688 g/mol. The van der Waals surface area contributed by atoms with Gasteiger partial charge in [-0.2, -0.15) is 0 Å². The van der Waals surface area contributed by atoms with E-state index in [-0.39, 0.29) is 29.7 Å². The van der Waals surface area contributed by atoms with Gasteiger partial charge < -0.3 is 32.0 Å². The number of anilines is 1. The number of aliphatic hydroxyl groups is 1. The molecule has 1 aliphatic heterocycles. The molecule has 11 heteroatoms. The maximum Gasteiger partial charge on any atom is 0.185 e. The van der Waals surface area contributed by atoms with Gasteiger partial charge in [-0.25, -0.2) is 0 Å². The van der Waals surface area contributed by atoms with E-state index < -0.39 is 6.23 Å². The van der Waals surface area contributed by atoms with Crippen molar-refractivity contribution >= 4 is 47.7 Å². The summed E-state index contributed by atoms with van der Waals surface area (Å²) in [5.74, 6) is 4.23. The second-order valence-corrected chi connectivity index (χ2v) is 12.0. The first-order valence-corrected chi connectivity index (χ1v) is 18.2. The molecule has 0 amide bonds. The van der Waals surface area contributed by atoms with E-state index >= 15 is 0 Å². The van der Waals surface area contributed by atoms with Gasteiger partial charge in [0.1, 0.15) is 18.4 Å². The van der Waals surface area contributed by atoms with Crippen LogP contribution in [0.4, 0.5) is 5.69 Å². The topological polar surface area (TPSA) is 146 Å². The van der Waals surface area contributed by atoms with Gasteiger partial charge in [0.25, 0.3) is 0 Å². The summed E-state index contributed by atoms with van der Waals surface area (Å²) in [4.78, 5) is 27.7. The number of hydrogen-bond donors (Lipinski definition) is 5. The number of nitrogens with zero attached hydrogens (tertiary/aromatic N) is 2. The predicted molar refractivity (Wildman–Crippen MR) is 207 cm³/mol. The fraction of sp³-hybridized carbons (Fsp3) is 0.528. The number of rotatable bonds is 18. The number of allylic oxidation sites excluding steroid dienone is 5. The highest BCUT2D eigenvalue weighted by molar-refractivity contribution is 8.03. The van der Waals surface area contributed by atoms with Crippen LogP contribution >= 0.6 is 23.5 Å². The number of aliphatic imine (C=N–C) groups is 1. The van der Waals surface area contributed by atoms with E-state index in [1.807, 2.05) is 75.9 Å². The summed E-state index contributed by atoms with van der Waals surface area (Å²) < 4.78 is 0. The number of guanidine groups is 1. The third-order valence-corrected chi connectivity index (χ3v) is 8.61. The van der Waals surface area contributed by atoms with Gasteiger partial charge >= 0.3 is 0 Å². The minimum atomic E-state index is -0.588. The van der Waals surface area contributed by atoms with Crippen molar-refractivity contribution < 1.29 is 14.7 Å². The molecule has 9 nitrogen and oxygen atoms in total. The Morgan fingerprint density at radius 3 is 2.55 bits per heavy atom. The van der Waals surface area contributed by atoms with Crippen molar-refractivity contribution in [2.45, 2.75) is 95.7 Å². The van der Waals surface area contributed by atoms with Gasteiger partial charge in [-0.3, -0.25) is 14.7 Å². The highest BCUT2D eigenvalue weighted by atomic mass is 32.2. The number of ketones is 1. The Balaban J connectivity index is 0. The molecule has 3 atom stereocenters. The predicted octanol–water partition coefficient (Wildman–Crippen LogP) is 6.17. The summed E-state index contributed by atoms with van der Waals surface area (Å²) in [6.45, 7) is 17.6. The molecule has 1 heterocycles. The van der Waals surface area contributed by atoms with E-state index in [1.165, 1.54) is 5.57 Å². The average Bonchev–Trinajstić information content (AvgIpc) is 3.54. The van der Waals surface area contributed by atoms with Crippen molar-refractivity contribution in [1.29, 1.82) is 0 Å². The van der Waals surface area contributed by atoms with Gasteiger partial charge in [0.05, 0.1) is 6.54 Å². The summed E-state index contributed by atoms with van der Waals surface area (Å²) in [6.07, 6.45) is 12.7. The van der Waals surface area contributed by atoms with E-state index in [2.05, 4.69) is 53.3 Å². The molecule has 3 unspecified atom stereocenters. The summed E-state index contributed by atoms with van der Waals surface area (Å²) in [5.41, 5.74) is 12.3. The van der Waals surface area contributed by atoms with Gasteiger partial charge in [0, 0.05) is 41.9 Å². The van der Waals surface area contributed by atoms with Gasteiger partial charge in [-0.15, -0.1) is 0 Å². The van der Waals surface area contributed by atoms with E-state index in [9.17, 15) is 9.90 Å². The van der Waals surface area contributed by atoms with E-state index in [0.717, 1.165) is 55.0 Å². The minimum Gasteiger partial charge on any atom is -0.378 e. The van der Waals surface area contributed by atoms with Gasteiger partial charge in [-0.1, -0.05) is 112 Å². The number of carbonyl (C=O) groups is 2. The maximum atomic E-state index is 12.8. The molecular weight excluding hydrogens is 629 g/mol. The fourth-order valence-corrected chi connectivity index (χ4v) is 5.80. The van der Waals surface area contributed by atoms with Crippen molar-refractivity contribution in [3.05, 3.63) is 60.7 Å². The molecule has 0 fully saturated rings. The van der Waals surface area contributed by atoms with Crippen LogP contribution in [0.1, 0.15) is 73.1 Å². The van der Waals surface area contributed by atoms with Gasteiger partial charge in [0.15, 0.2) is 11.7 Å². The quantitative estimate of drug-likeness (QED) is 0.0303. The largest absolute Gasteiger partial charge is 0.378 e. The highest BCUT2D eigenvalue weighted by Gasteiger charge is 2.27. The lowest BCUT2D eigenvalue weighted by Crippen LogP contribution is -2.48. The molecule has 0 aromatic heterocycles. The number of fused-ring (bicyclic) bond motifs is 1. The summed E-state index contributed by atoms with van der Waals surface area (Å²) >= 11 is 3.14. The number of nitrogens with two attached hydrogens (primary N) is 2. The van der Waals surface area contributed by atoms with Crippen LogP contribution in [0.5, 0.6) is 0 Å². The number of likely N-dealkylation sites (N-methyl/N-ethyl adjacent to an activating group) is 1. The molecule has 1 aromatic rings. The van der Waals surface area contributed by atoms with Gasteiger partial charge in [0.2, 0.25) is 0 Å². The number of unbranched alkanes of at least 4 members (excludes halogenated alkanes) is 2. The van der Waals surface area contributed by atoms with Crippen molar-refractivity contribution in [3.63, 3.8) is 0 Å². The molecule has 0 aliphatic carbocycles. The summed E-state index contributed by atoms with van der Waals surface area (Å²) in [5, 5.41) is 20.4. The molecule has 1 aromatic carbocycles. The van der Waals surface area contributed by atoms with Crippen molar-refractivity contribution in [2.75, 3.05) is 37.8 Å². The Labute approximate surface area is 293 Å². The number of hydrogen-bond acceptors (Lipinski definition) is 9. The Morgan fingerprint density at radius 2 is 1.96 bits per heavy atom. The molecule has 264 valence electrons. The SMILES string of the molecule is C=C/C=C\C(=C/C)CCC(O)N(C)C(CNCC(=O)C1Nc2ccccc2S1)CSC#CCCC.C=O.CC.CCCCN=C(N)N. The third-order valence-electron chi connectivity index (χ3n) is 6.55. The number of Topliss-reactive ketones (excluding diaryl/α,β-unsaturated/α-hetero) is 1. The zero-order valence-electron chi connectivity index (χ0n) is 29.5. The van der Waals surface area contributed by atoms with Crippen molar-refractivity contribution in [2.24, 2.45) is 16.5 Å². The molecular formula is C36H60N6O3S2. The molecule has 0 radical (unpaired) electrons. The second-order valence-electron chi connectivity index (χ2n) is 10.0. The molecule has 7 N–H and O–H groups in total. The summed E-state index contributed by atoms with van der Waals surface area (Å²) in [6, 6.07) is 8.03. The first-order valence-electron chi connectivity index (χ1n) is 16.3.